The Morgan fingerprint density at radius 1 is 1.44 bits per heavy atom. The number of aryl methyl sites for hydroxylation is 1. The van der Waals surface area contributed by atoms with Crippen LogP contribution in [0.3, 0.4) is 0 Å². The van der Waals surface area contributed by atoms with Gasteiger partial charge in [0.25, 0.3) is 0 Å². The molecular formula is C19H27FN6O. The largest absolute Gasteiger partial charge is 0.377 e. The summed E-state index contributed by atoms with van der Waals surface area (Å²) in [5.41, 5.74) is 0.949. The number of aromatic nitrogens is 3. The lowest BCUT2D eigenvalue weighted by atomic mass is 10.1. The molecular weight excluding hydrogens is 347 g/mol. The van der Waals surface area contributed by atoms with Crippen LogP contribution in [0.25, 0.3) is 0 Å². The molecule has 0 saturated carbocycles. The molecule has 1 aromatic carbocycles. The van der Waals surface area contributed by atoms with Gasteiger partial charge < -0.3 is 15.4 Å². The molecule has 1 atom stereocenters. The number of nitrogens with zero attached hydrogens (tertiary/aromatic N) is 4. The maximum Gasteiger partial charge on any atom is 0.191 e. The lowest BCUT2D eigenvalue weighted by Crippen LogP contribution is -2.47. The number of ether oxygens (including phenoxy) is 1. The number of benzene rings is 1. The number of hydrogen-bond donors (Lipinski definition) is 2. The van der Waals surface area contributed by atoms with Gasteiger partial charge in [-0.1, -0.05) is 12.1 Å². The highest BCUT2D eigenvalue weighted by Gasteiger charge is 2.22. The fourth-order valence-corrected chi connectivity index (χ4v) is 3.17. The Morgan fingerprint density at radius 3 is 3.11 bits per heavy atom. The smallest absolute Gasteiger partial charge is 0.191 e. The van der Waals surface area contributed by atoms with E-state index in [9.17, 15) is 4.39 Å². The Bertz CT molecular complexity index is 775. The van der Waals surface area contributed by atoms with Crippen molar-refractivity contribution < 1.29 is 9.13 Å². The first-order chi connectivity index (χ1) is 13.2. The summed E-state index contributed by atoms with van der Waals surface area (Å²) in [7, 11) is 1.65. The van der Waals surface area contributed by atoms with E-state index in [0.717, 1.165) is 49.1 Å². The molecule has 7 nitrogen and oxygen atoms in total. The zero-order chi connectivity index (χ0) is 19.1. The Labute approximate surface area is 159 Å². The number of halogens is 1. The minimum atomic E-state index is -0.208. The van der Waals surface area contributed by atoms with E-state index in [4.69, 9.17) is 4.74 Å². The Kier molecular flexibility index (Phi) is 6.75. The van der Waals surface area contributed by atoms with Gasteiger partial charge in [-0.3, -0.25) is 4.99 Å². The molecule has 0 radical (unpaired) electrons. The van der Waals surface area contributed by atoms with Crippen LogP contribution < -0.4 is 10.6 Å². The molecule has 2 aromatic rings. The number of aliphatic imine (C=N–C) groups is 1. The van der Waals surface area contributed by atoms with Gasteiger partial charge in [0.05, 0.1) is 6.54 Å². The topological polar surface area (TPSA) is 76.4 Å². The molecule has 0 amide bonds. The second-order valence-electron chi connectivity index (χ2n) is 6.58. The molecule has 0 spiro atoms. The van der Waals surface area contributed by atoms with Crippen LogP contribution in [0.15, 0.2) is 29.3 Å². The molecule has 146 valence electrons. The quantitative estimate of drug-likeness (QED) is 0.570. The van der Waals surface area contributed by atoms with E-state index >= 15 is 0 Å². The molecule has 1 unspecified atom stereocenters. The van der Waals surface area contributed by atoms with Crippen molar-refractivity contribution in [1.82, 2.24) is 25.4 Å². The predicted molar refractivity (Wildman–Crippen MR) is 102 cm³/mol. The summed E-state index contributed by atoms with van der Waals surface area (Å²) < 4.78 is 20.3. The molecule has 3 rings (SSSR count). The number of nitrogens with one attached hydrogen (secondary N) is 2. The molecule has 0 bridgehead atoms. The normalized spacial score (nSPS) is 16.9. The minimum Gasteiger partial charge on any atom is -0.377 e. The van der Waals surface area contributed by atoms with E-state index in [-0.39, 0.29) is 11.9 Å². The lowest BCUT2D eigenvalue weighted by Gasteiger charge is -2.25. The maximum absolute atomic E-state index is 13.3. The standard InChI is InChI=1S/C19H27FN6O/c1-3-21-19(22-10-9-14-5-4-6-15(20)11-14)23-16-7-8-18-24-17(13-27-2)25-26(18)12-16/h4-6,11,16H,3,7-10,12-13H2,1-2H3,(H2,21,22,23). The van der Waals surface area contributed by atoms with Crippen LogP contribution >= 0.6 is 0 Å². The number of methoxy groups -OCH3 is 1. The second-order valence-corrected chi connectivity index (χ2v) is 6.58. The van der Waals surface area contributed by atoms with Gasteiger partial charge in [0.15, 0.2) is 11.8 Å². The second kappa shape index (κ2) is 9.45. The van der Waals surface area contributed by atoms with Gasteiger partial charge in [-0.25, -0.2) is 14.1 Å². The third kappa shape index (κ3) is 5.50. The van der Waals surface area contributed by atoms with Crippen molar-refractivity contribution in [3.8, 4) is 0 Å². The van der Waals surface area contributed by atoms with E-state index in [0.29, 0.717) is 19.6 Å². The van der Waals surface area contributed by atoms with Crippen molar-refractivity contribution in [2.75, 3.05) is 20.2 Å². The van der Waals surface area contributed by atoms with Gasteiger partial charge in [-0.15, -0.1) is 0 Å². The maximum atomic E-state index is 13.3. The molecule has 0 fully saturated rings. The van der Waals surface area contributed by atoms with Crippen molar-refractivity contribution in [1.29, 1.82) is 0 Å². The average Bonchev–Trinajstić information content (AvgIpc) is 3.04. The molecule has 1 aliphatic rings. The lowest BCUT2D eigenvalue weighted by molar-refractivity contribution is 0.177. The molecule has 27 heavy (non-hydrogen) atoms. The van der Waals surface area contributed by atoms with Gasteiger partial charge in [0, 0.05) is 32.7 Å². The zero-order valence-electron chi connectivity index (χ0n) is 15.9. The van der Waals surface area contributed by atoms with Crippen LogP contribution in [0.4, 0.5) is 4.39 Å². The fraction of sp³-hybridized carbons (Fsp3) is 0.526. The van der Waals surface area contributed by atoms with Crippen LogP contribution in [0.1, 0.15) is 30.6 Å². The fourth-order valence-electron chi connectivity index (χ4n) is 3.17. The zero-order valence-corrected chi connectivity index (χ0v) is 15.9. The van der Waals surface area contributed by atoms with Gasteiger partial charge in [-0.05, 0) is 37.5 Å². The predicted octanol–water partition coefficient (Wildman–Crippen LogP) is 1.68. The molecule has 1 aliphatic heterocycles. The Hall–Kier alpha value is -2.48. The first kappa shape index (κ1) is 19.3. The van der Waals surface area contributed by atoms with Crippen LogP contribution in [0, 0.1) is 5.82 Å². The third-order valence-electron chi connectivity index (χ3n) is 4.42. The Balaban J connectivity index is 1.57. The number of rotatable bonds is 7. The number of hydrogen-bond acceptors (Lipinski definition) is 4. The first-order valence-corrected chi connectivity index (χ1v) is 9.38. The van der Waals surface area contributed by atoms with Gasteiger partial charge in [-0.2, -0.15) is 5.10 Å². The van der Waals surface area contributed by atoms with Crippen molar-refractivity contribution in [2.24, 2.45) is 4.99 Å². The van der Waals surface area contributed by atoms with E-state index in [1.54, 1.807) is 19.2 Å². The number of fused-ring (bicyclic) bond motifs is 1. The summed E-state index contributed by atoms with van der Waals surface area (Å²) in [4.78, 5) is 9.13. The molecule has 8 heteroatoms. The van der Waals surface area contributed by atoms with Gasteiger partial charge >= 0.3 is 0 Å². The highest BCUT2D eigenvalue weighted by molar-refractivity contribution is 5.80. The molecule has 2 heterocycles. The molecule has 1 aromatic heterocycles. The number of guanidine groups is 1. The SMILES string of the molecule is CCNC(=NCCc1cccc(F)c1)NC1CCc2nc(COC)nn2C1. The third-order valence-corrected chi connectivity index (χ3v) is 4.42. The van der Waals surface area contributed by atoms with Crippen molar-refractivity contribution in [3.63, 3.8) is 0 Å². The average molecular weight is 374 g/mol. The highest BCUT2D eigenvalue weighted by atomic mass is 19.1. The van der Waals surface area contributed by atoms with Crippen LogP contribution in [0.5, 0.6) is 0 Å². The van der Waals surface area contributed by atoms with Crippen LogP contribution in [0.2, 0.25) is 0 Å². The van der Waals surface area contributed by atoms with Crippen molar-refractivity contribution >= 4 is 5.96 Å². The molecule has 0 aliphatic carbocycles. The van der Waals surface area contributed by atoms with Crippen LogP contribution in [-0.4, -0.2) is 47.0 Å². The van der Waals surface area contributed by atoms with E-state index in [1.165, 1.54) is 6.07 Å². The Morgan fingerprint density at radius 2 is 2.33 bits per heavy atom. The van der Waals surface area contributed by atoms with E-state index in [2.05, 4.69) is 25.7 Å². The highest BCUT2D eigenvalue weighted by Crippen LogP contribution is 2.13. The summed E-state index contributed by atoms with van der Waals surface area (Å²) in [6.45, 7) is 4.60. The van der Waals surface area contributed by atoms with Gasteiger partial charge in [0.1, 0.15) is 18.2 Å². The summed E-state index contributed by atoms with van der Waals surface area (Å²) in [5.74, 6) is 2.30. The summed E-state index contributed by atoms with van der Waals surface area (Å²) >= 11 is 0. The van der Waals surface area contributed by atoms with Crippen LogP contribution in [-0.2, 0) is 30.7 Å². The summed E-state index contributed by atoms with van der Waals surface area (Å²) in [5, 5.41) is 11.3. The van der Waals surface area contributed by atoms with Crippen molar-refractivity contribution in [2.45, 2.75) is 45.4 Å². The molecule has 2 N–H and O–H groups in total. The summed E-state index contributed by atoms with van der Waals surface area (Å²) in [6.07, 6.45) is 2.54. The van der Waals surface area contributed by atoms with Gasteiger partial charge in [0.2, 0.25) is 0 Å². The summed E-state index contributed by atoms with van der Waals surface area (Å²) in [6, 6.07) is 6.90. The first-order valence-electron chi connectivity index (χ1n) is 9.38. The molecule has 0 saturated heterocycles. The van der Waals surface area contributed by atoms with E-state index in [1.807, 2.05) is 17.7 Å². The monoisotopic (exact) mass is 374 g/mol. The van der Waals surface area contributed by atoms with Crippen molar-refractivity contribution in [3.05, 3.63) is 47.3 Å². The van der Waals surface area contributed by atoms with E-state index < -0.39 is 0 Å². The minimum absolute atomic E-state index is 0.208.